The van der Waals surface area contributed by atoms with Crippen molar-refractivity contribution in [3.05, 3.63) is 77.8 Å². The van der Waals surface area contributed by atoms with Gasteiger partial charge in [0, 0.05) is 25.0 Å². The van der Waals surface area contributed by atoms with Gasteiger partial charge in [-0.25, -0.2) is 8.78 Å². The first-order valence-corrected chi connectivity index (χ1v) is 7.35. The topological polar surface area (TPSA) is 79.8 Å². The zero-order chi connectivity index (χ0) is 17.6. The summed E-state index contributed by atoms with van der Waals surface area (Å²) in [6, 6.07) is 9.65. The standard InChI is InChI=1S/C17H13F2N5O/c18-12-1-2-14(13(19)9-12)22-16-4-3-15(23-24-16)17(25)21-10-11-5-7-20-8-6-11/h1-9H,10H2,(H,21,25)(H,22,24). The van der Waals surface area contributed by atoms with Crippen molar-refractivity contribution in [2.24, 2.45) is 0 Å². The Hall–Kier alpha value is -3.42. The predicted octanol–water partition coefficient (Wildman–Crippen LogP) is 2.82. The Bertz CT molecular complexity index is 872. The molecule has 0 atom stereocenters. The lowest BCUT2D eigenvalue weighted by Gasteiger charge is -2.07. The maximum atomic E-state index is 13.6. The van der Waals surface area contributed by atoms with Gasteiger partial charge in [0.2, 0.25) is 0 Å². The number of nitrogens with one attached hydrogen (secondary N) is 2. The number of carbonyl (C=O) groups is 1. The van der Waals surface area contributed by atoms with E-state index in [1.807, 2.05) is 0 Å². The third-order valence-electron chi connectivity index (χ3n) is 3.29. The average Bonchev–Trinajstić information content (AvgIpc) is 2.63. The normalized spacial score (nSPS) is 10.3. The highest BCUT2D eigenvalue weighted by Crippen LogP contribution is 2.18. The van der Waals surface area contributed by atoms with Crippen molar-refractivity contribution in [2.75, 3.05) is 5.32 Å². The van der Waals surface area contributed by atoms with Gasteiger partial charge in [0.1, 0.15) is 11.6 Å². The summed E-state index contributed by atoms with van der Waals surface area (Å²) in [5, 5.41) is 13.0. The molecule has 1 aromatic carbocycles. The van der Waals surface area contributed by atoms with Crippen LogP contribution in [0, 0.1) is 11.6 Å². The van der Waals surface area contributed by atoms with E-state index >= 15 is 0 Å². The number of hydrogen-bond acceptors (Lipinski definition) is 5. The second-order valence-corrected chi connectivity index (χ2v) is 5.09. The van der Waals surface area contributed by atoms with Crippen LogP contribution in [0.4, 0.5) is 20.3 Å². The molecule has 0 aliphatic rings. The molecule has 8 heteroatoms. The second-order valence-electron chi connectivity index (χ2n) is 5.09. The predicted molar refractivity (Wildman–Crippen MR) is 87.1 cm³/mol. The Balaban J connectivity index is 1.62. The molecule has 2 N–H and O–H groups in total. The molecule has 0 aliphatic heterocycles. The van der Waals surface area contributed by atoms with Crippen molar-refractivity contribution < 1.29 is 13.6 Å². The summed E-state index contributed by atoms with van der Waals surface area (Å²) in [7, 11) is 0. The lowest BCUT2D eigenvalue weighted by Crippen LogP contribution is -2.24. The average molecular weight is 341 g/mol. The number of aromatic nitrogens is 3. The van der Waals surface area contributed by atoms with Crippen LogP contribution < -0.4 is 10.6 Å². The van der Waals surface area contributed by atoms with E-state index in [1.165, 1.54) is 18.2 Å². The molecule has 25 heavy (non-hydrogen) atoms. The van der Waals surface area contributed by atoms with Crippen LogP contribution in [-0.2, 0) is 6.54 Å². The van der Waals surface area contributed by atoms with E-state index in [0.717, 1.165) is 17.7 Å². The Morgan fingerprint density at radius 3 is 2.48 bits per heavy atom. The smallest absolute Gasteiger partial charge is 0.272 e. The molecule has 6 nitrogen and oxygen atoms in total. The molecular weight excluding hydrogens is 328 g/mol. The Morgan fingerprint density at radius 2 is 1.80 bits per heavy atom. The Labute approximate surface area is 141 Å². The summed E-state index contributed by atoms with van der Waals surface area (Å²) in [6.45, 7) is 0.337. The fourth-order valence-corrected chi connectivity index (χ4v) is 2.02. The Morgan fingerprint density at radius 1 is 1.00 bits per heavy atom. The minimum absolute atomic E-state index is 0.0607. The van der Waals surface area contributed by atoms with Gasteiger partial charge in [0.15, 0.2) is 11.5 Å². The number of pyridine rings is 1. The number of rotatable bonds is 5. The third-order valence-corrected chi connectivity index (χ3v) is 3.29. The van der Waals surface area contributed by atoms with Gasteiger partial charge in [-0.3, -0.25) is 9.78 Å². The molecule has 0 aliphatic carbocycles. The van der Waals surface area contributed by atoms with Crippen LogP contribution in [0.25, 0.3) is 0 Å². The van der Waals surface area contributed by atoms with E-state index in [1.54, 1.807) is 24.5 Å². The van der Waals surface area contributed by atoms with Crippen LogP contribution in [0.5, 0.6) is 0 Å². The minimum atomic E-state index is -0.749. The zero-order valence-electron chi connectivity index (χ0n) is 12.9. The highest BCUT2D eigenvalue weighted by Gasteiger charge is 2.09. The lowest BCUT2D eigenvalue weighted by molar-refractivity contribution is 0.0945. The van der Waals surface area contributed by atoms with Crippen molar-refractivity contribution in [2.45, 2.75) is 6.54 Å². The van der Waals surface area contributed by atoms with Crippen LogP contribution in [-0.4, -0.2) is 21.1 Å². The highest BCUT2D eigenvalue weighted by atomic mass is 19.1. The van der Waals surface area contributed by atoms with Crippen LogP contribution in [0.1, 0.15) is 16.1 Å². The summed E-state index contributed by atoms with van der Waals surface area (Å²) in [5.41, 5.74) is 1.09. The van der Waals surface area contributed by atoms with Gasteiger partial charge >= 0.3 is 0 Å². The van der Waals surface area contributed by atoms with Gasteiger partial charge in [0.25, 0.3) is 5.91 Å². The van der Waals surface area contributed by atoms with E-state index in [4.69, 9.17) is 0 Å². The molecule has 0 bridgehead atoms. The maximum absolute atomic E-state index is 13.6. The SMILES string of the molecule is O=C(NCc1ccncc1)c1ccc(Nc2ccc(F)cc2F)nn1. The molecule has 2 heterocycles. The van der Waals surface area contributed by atoms with Crippen LogP contribution in [0.3, 0.4) is 0 Å². The monoisotopic (exact) mass is 341 g/mol. The molecule has 0 saturated carbocycles. The van der Waals surface area contributed by atoms with Crippen LogP contribution in [0.2, 0.25) is 0 Å². The van der Waals surface area contributed by atoms with Gasteiger partial charge in [-0.05, 0) is 42.0 Å². The van der Waals surface area contributed by atoms with Crippen molar-refractivity contribution in [1.82, 2.24) is 20.5 Å². The fourth-order valence-electron chi connectivity index (χ4n) is 2.02. The zero-order valence-corrected chi connectivity index (χ0v) is 12.9. The van der Waals surface area contributed by atoms with Crippen LogP contribution in [0.15, 0.2) is 54.9 Å². The third kappa shape index (κ3) is 4.31. The molecule has 3 rings (SSSR count). The van der Waals surface area contributed by atoms with Gasteiger partial charge in [-0.1, -0.05) is 0 Å². The number of nitrogens with zero attached hydrogens (tertiary/aromatic N) is 3. The molecule has 0 unspecified atom stereocenters. The summed E-state index contributed by atoms with van der Waals surface area (Å²) < 4.78 is 26.5. The lowest BCUT2D eigenvalue weighted by atomic mass is 10.2. The van der Waals surface area contributed by atoms with E-state index < -0.39 is 11.6 Å². The number of halogens is 2. The maximum Gasteiger partial charge on any atom is 0.272 e. The van der Waals surface area contributed by atoms with Gasteiger partial charge in [-0.2, -0.15) is 0 Å². The Kier molecular flexibility index (Phi) is 4.89. The molecule has 0 fully saturated rings. The first kappa shape index (κ1) is 16.4. The first-order valence-electron chi connectivity index (χ1n) is 7.35. The largest absolute Gasteiger partial charge is 0.347 e. The summed E-state index contributed by atoms with van der Waals surface area (Å²) >= 11 is 0. The first-order chi connectivity index (χ1) is 12.1. The minimum Gasteiger partial charge on any atom is -0.347 e. The number of hydrogen-bond donors (Lipinski definition) is 2. The number of amides is 1. The molecule has 1 amide bonds. The van der Waals surface area contributed by atoms with Crippen molar-refractivity contribution in [3.8, 4) is 0 Å². The van der Waals surface area contributed by atoms with E-state index in [9.17, 15) is 13.6 Å². The van der Waals surface area contributed by atoms with Crippen molar-refractivity contribution in [3.63, 3.8) is 0 Å². The van der Waals surface area contributed by atoms with Crippen LogP contribution >= 0.6 is 0 Å². The van der Waals surface area contributed by atoms with Crippen molar-refractivity contribution >= 4 is 17.4 Å². The van der Waals surface area contributed by atoms with Gasteiger partial charge < -0.3 is 10.6 Å². The molecule has 126 valence electrons. The molecule has 2 aromatic heterocycles. The van der Waals surface area contributed by atoms with E-state index in [-0.39, 0.29) is 23.1 Å². The summed E-state index contributed by atoms with van der Waals surface area (Å²) in [4.78, 5) is 15.9. The fraction of sp³-hybridized carbons (Fsp3) is 0.0588. The summed E-state index contributed by atoms with van der Waals surface area (Å²) in [6.07, 6.45) is 3.27. The van der Waals surface area contributed by atoms with Crippen molar-refractivity contribution in [1.29, 1.82) is 0 Å². The number of benzene rings is 1. The number of carbonyl (C=O) groups excluding carboxylic acids is 1. The molecule has 0 saturated heterocycles. The number of anilines is 2. The molecule has 3 aromatic rings. The highest BCUT2D eigenvalue weighted by molar-refractivity contribution is 5.92. The molecule has 0 spiro atoms. The molecular formula is C17H13F2N5O. The van der Waals surface area contributed by atoms with E-state index in [2.05, 4.69) is 25.8 Å². The molecule has 0 radical (unpaired) electrons. The van der Waals surface area contributed by atoms with E-state index in [0.29, 0.717) is 6.54 Å². The second kappa shape index (κ2) is 7.43. The quantitative estimate of drug-likeness (QED) is 0.746. The van der Waals surface area contributed by atoms with Gasteiger partial charge in [0.05, 0.1) is 5.69 Å². The van der Waals surface area contributed by atoms with Gasteiger partial charge in [-0.15, -0.1) is 10.2 Å². The summed E-state index contributed by atoms with van der Waals surface area (Å²) in [5.74, 6) is -1.57.